The second kappa shape index (κ2) is 6.92. The lowest BCUT2D eigenvalue weighted by Gasteiger charge is -2.09. The SMILES string of the molecule is CCn1c2ccccc2c2cc(NC(=O)Cc3cc(C)ccc3C)ccc21. The molecule has 0 atom stereocenters. The van der Waals surface area contributed by atoms with Crippen LogP contribution in [0.1, 0.15) is 23.6 Å². The van der Waals surface area contributed by atoms with Crippen molar-refractivity contribution in [3.8, 4) is 0 Å². The van der Waals surface area contributed by atoms with Crippen molar-refractivity contribution in [2.45, 2.75) is 33.7 Å². The van der Waals surface area contributed by atoms with Gasteiger partial charge in [-0.15, -0.1) is 0 Å². The summed E-state index contributed by atoms with van der Waals surface area (Å²) in [5, 5.41) is 5.47. The van der Waals surface area contributed by atoms with E-state index in [2.05, 4.69) is 78.3 Å². The number of aryl methyl sites for hydroxylation is 3. The third-order valence-electron chi connectivity index (χ3n) is 5.23. The molecule has 0 fully saturated rings. The van der Waals surface area contributed by atoms with Gasteiger partial charge in [0, 0.05) is 34.0 Å². The molecule has 1 amide bonds. The molecule has 4 aromatic rings. The van der Waals surface area contributed by atoms with Crippen LogP contribution in [0.4, 0.5) is 5.69 Å². The third kappa shape index (κ3) is 3.21. The number of fused-ring (bicyclic) bond motifs is 3. The normalized spacial score (nSPS) is 11.2. The van der Waals surface area contributed by atoms with Crippen LogP contribution in [-0.2, 0) is 17.8 Å². The lowest BCUT2D eigenvalue weighted by Crippen LogP contribution is -2.15. The predicted molar refractivity (Wildman–Crippen MR) is 113 cm³/mol. The fraction of sp³-hybridized carbons (Fsp3) is 0.208. The van der Waals surface area contributed by atoms with Crippen molar-refractivity contribution >= 4 is 33.4 Å². The number of benzene rings is 3. The Bertz CT molecular complexity index is 1150. The van der Waals surface area contributed by atoms with Crippen LogP contribution in [0, 0.1) is 13.8 Å². The smallest absolute Gasteiger partial charge is 0.228 e. The maximum absolute atomic E-state index is 12.6. The second-order valence-electron chi connectivity index (χ2n) is 7.15. The molecular weight excluding hydrogens is 332 g/mol. The highest BCUT2D eigenvalue weighted by molar-refractivity contribution is 6.09. The summed E-state index contributed by atoms with van der Waals surface area (Å²) in [5.41, 5.74) is 6.68. The Morgan fingerprint density at radius 3 is 2.52 bits per heavy atom. The van der Waals surface area contributed by atoms with Crippen LogP contribution in [0.3, 0.4) is 0 Å². The summed E-state index contributed by atoms with van der Waals surface area (Å²) in [6.45, 7) is 7.18. The highest BCUT2D eigenvalue weighted by Gasteiger charge is 2.11. The summed E-state index contributed by atoms with van der Waals surface area (Å²) in [5.74, 6) is 0.0160. The summed E-state index contributed by atoms with van der Waals surface area (Å²) in [6.07, 6.45) is 0.391. The minimum Gasteiger partial charge on any atom is -0.341 e. The Morgan fingerprint density at radius 2 is 1.70 bits per heavy atom. The molecule has 27 heavy (non-hydrogen) atoms. The van der Waals surface area contributed by atoms with Crippen LogP contribution < -0.4 is 5.32 Å². The first-order valence-corrected chi connectivity index (χ1v) is 9.44. The van der Waals surface area contributed by atoms with Gasteiger partial charge in [-0.2, -0.15) is 0 Å². The highest BCUT2D eigenvalue weighted by Crippen LogP contribution is 2.31. The molecule has 0 saturated carbocycles. The molecule has 0 aliphatic carbocycles. The van der Waals surface area contributed by atoms with Crippen molar-refractivity contribution in [3.05, 3.63) is 77.4 Å². The van der Waals surface area contributed by atoms with Gasteiger partial charge in [0.15, 0.2) is 0 Å². The van der Waals surface area contributed by atoms with Gasteiger partial charge in [0.25, 0.3) is 0 Å². The third-order valence-corrected chi connectivity index (χ3v) is 5.23. The zero-order valence-electron chi connectivity index (χ0n) is 16.0. The van der Waals surface area contributed by atoms with Gasteiger partial charge in [-0.3, -0.25) is 4.79 Å². The van der Waals surface area contributed by atoms with E-state index in [0.717, 1.165) is 23.4 Å². The van der Waals surface area contributed by atoms with Crippen LogP contribution in [0.15, 0.2) is 60.7 Å². The van der Waals surface area contributed by atoms with E-state index in [0.29, 0.717) is 6.42 Å². The first kappa shape index (κ1) is 17.3. The van der Waals surface area contributed by atoms with Gasteiger partial charge in [-0.25, -0.2) is 0 Å². The maximum Gasteiger partial charge on any atom is 0.228 e. The molecule has 3 heteroatoms. The van der Waals surface area contributed by atoms with Gasteiger partial charge in [0.05, 0.1) is 6.42 Å². The van der Waals surface area contributed by atoms with Crippen LogP contribution in [0.25, 0.3) is 21.8 Å². The Morgan fingerprint density at radius 1 is 0.926 bits per heavy atom. The molecule has 0 unspecified atom stereocenters. The summed E-state index contributed by atoms with van der Waals surface area (Å²) >= 11 is 0. The zero-order chi connectivity index (χ0) is 19.0. The van der Waals surface area contributed by atoms with E-state index in [1.807, 2.05) is 13.0 Å². The van der Waals surface area contributed by atoms with E-state index < -0.39 is 0 Å². The minimum atomic E-state index is 0.0160. The van der Waals surface area contributed by atoms with Crippen LogP contribution in [0.5, 0.6) is 0 Å². The molecule has 136 valence electrons. The first-order chi connectivity index (χ1) is 13.1. The van der Waals surface area contributed by atoms with Gasteiger partial charge in [0.2, 0.25) is 5.91 Å². The number of amides is 1. The molecule has 1 aromatic heterocycles. The van der Waals surface area contributed by atoms with Gasteiger partial charge >= 0.3 is 0 Å². The molecule has 0 radical (unpaired) electrons. The van der Waals surface area contributed by atoms with E-state index in [-0.39, 0.29) is 5.91 Å². The fourth-order valence-corrected chi connectivity index (χ4v) is 3.84. The molecule has 1 N–H and O–H groups in total. The monoisotopic (exact) mass is 356 g/mol. The van der Waals surface area contributed by atoms with E-state index in [4.69, 9.17) is 0 Å². The highest BCUT2D eigenvalue weighted by atomic mass is 16.1. The number of hydrogen-bond donors (Lipinski definition) is 1. The largest absolute Gasteiger partial charge is 0.341 e. The Labute approximate surface area is 159 Å². The zero-order valence-corrected chi connectivity index (χ0v) is 16.0. The number of anilines is 1. The summed E-state index contributed by atoms with van der Waals surface area (Å²) in [7, 11) is 0. The molecular formula is C24H24N2O. The van der Waals surface area contributed by atoms with Crippen molar-refractivity contribution in [2.24, 2.45) is 0 Å². The molecule has 1 heterocycles. The predicted octanol–water partition coefficient (Wildman–Crippen LogP) is 5.61. The first-order valence-electron chi connectivity index (χ1n) is 9.44. The average molecular weight is 356 g/mol. The average Bonchev–Trinajstić information content (AvgIpc) is 2.98. The topological polar surface area (TPSA) is 34.0 Å². The van der Waals surface area contributed by atoms with E-state index in [1.54, 1.807) is 0 Å². The number of nitrogens with zero attached hydrogens (tertiary/aromatic N) is 1. The van der Waals surface area contributed by atoms with Crippen LogP contribution in [-0.4, -0.2) is 10.5 Å². The van der Waals surface area contributed by atoms with Crippen molar-refractivity contribution < 1.29 is 4.79 Å². The molecule has 3 nitrogen and oxygen atoms in total. The molecule has 0 spiro atoms. The standard InChI is InChI=1S/C24H24N2O/c1-4-26-22-8-6-5-7-20(22)21-15-19(11-12-23(21)26)25-24(27)14-18-13-16(2)9-10-17(18)3/h5-13,15H,4,14H2,1-3H3,(H,25,27). The summed E-state index contributed by atoms with van der Waals surface area (Å²) in [6, 6.07) is 20.9. The molecule has 0 bridgehead atoms. The van der Waals surface area contributed by atoms with Crippen LogP contribution >= 0.6 is 0 Å². The number of hydrogen-bond acceptors (Lipinski definition) is 1. The van der Waals surface area contributed by atoms with Gasteiger partial charge in [-0.05, 0) is 56.2 Å². The number of para-hydroxylation sites is 1. The minimum absolute atomic E-state index is 0.0160. The fourth-order valence-electron chi connectivity index (χ4n) is 3.84. The second-order valence-corrected chi connectivity index (χ2v) is 7.15. The number of carbonyl (C=O) groups is 1. The molecule has 0 aliphatic rings. The molecule has 0 saturated heterocycles. The summed E-state index contributed by atoms with van der Waals surface area (Å²) in [4.78, 5) is 12.6. The molecule has 3 aromatic carbocycles. The van der Waals surface area contributed by atoms with Gasteiger partial charge in [-0.1, -0.05) is 42.0 Å². The number of aromatic nitrogens is 1. The number of rotatable bonds is 4. The van der Waals surface area contributed by atoms with Crippen molar-refractivity contribution in [3.63, 3.8) is 0 Å². The van der Waals surface area contributed by atoms with Crippen LogP contribution in [0.2, 0.25) is 0 Å². The lowest BCUT2D eigenvalue weighted by atomic mass is 10.0. The molecule has 0 aliphatic heterocycles. The van der Waals surface area contributed by atoms with Gasteiger partial charge in [0.1, 0.15) is 0 Å². The van der Waals surface area contributed by atoms with E-state index >= 15 is 0 Å². The van der Waals surface area contributed by atoms with E-state index in [9.17, 15) is 4.79 Å². The van der Waals surface area contributed by atoms with E-state index in [1.165, 1.54) is 27.4 Å². The maximum atomic E-state index is 12.6. The lowest BCUT2D eigenvalue weighted by molar-refractivity contribution is -0.115. The number of carbonyl (C=O) groups excluding carboxylic acids is 1. The Kier molecular flexibility index (Phi) is 4.44. The summed E-state index contributed by atoms with van der Waals surface area (Å²) < 4.78 is 2.31. The van der Waals surface area contributed by atoms with Crippen molar-refractivity contribution in [1.82, 2.24) is 4.57 Å². The number of nitrogens with one attached hydrogen (secondary N) is 1. The van der Waals surface area contributed by atoms with Crippen molar-refractivity contribution in [1.29, 1.82) is 0 Å². The Balaban J connectivity index is 1.65. The molecule has 4 rings (SSSR count). The van der Waals surface area contributed by atoms with Crippen molar-refractivity contribution in [2.75, 3.05) is 5.32 Å². The Hall–Kier alpha value is -3.07. The van der Waals surface area contributed by atoms with Gasteiger partial charge < -0.3 is 9.88 Å². The quantitative estimate of drug-likeness (QED) is 0.506.